The monoisotopic (exact) mass is 379 g/mol. The first kappa shape index (κ1) is 17.1. The number of anilines is 1. The summed E-state index contributed by atoms with van der Waals surface area (Å²) in [5, 5.41) is 3.99. The van der Waals surface area contributed by atoms with Crippen LogP contribution in [0, 0.1) is 0 Å². The van der Waals surface area contributed by atoms with Crippen LogP contribution in [0.15, 0.2) is 69.9 Å². The molecule has 4 aromatic rings. The van der Waals surface area contributed by atoms with Crippen molar-refractivity contribution in [3.63, 3.8) is 0 Å². The van der Waals surface area contributed by atoms with E-state index in [0.717, 1.165) is 0 Å². The fourth-order valence-electron chi connectivity index (χ4n) is 2.89. The SMILES string of the molecule is COc1cccc(C(=O)Nc2ccc3c(=O)c4cccc(Cl)c4oc3c2)c1. The maximum Gasteiger partial charge on any atom is 0.255 e. The molecule has 6 heteroatoms. The van der Waals surface area contributed by atoms with Gasteiger partial charge in [0.15, 0.2) is 5.58 Å². The third-order valence-electron chi connectivity index (χ3n) is 4.24. The number of carbonyl (C=O) groups excluding carboxylic acids is 1. The molecule has 0 saturated carbocycles. The van der Waals surface area contributed by atoms with Gasteiger partial charge in [0.1, 0.15) is 11.3 Å². The predicted molar refractivity (Wildman–Crippen MR) is 106 cm³/mol. The van der Waals surface area contributed by atoms with Crippen molar-refractivity contribution in [1.82, 2.24) is 0 Å². The van der Waals surface area contributed by atoms with Gasteiger partial charge >= 0.3 is 0 Å². The van der Waals surface area contributed by atoms with Gasteiger partial charge in [0.25, 0.3) is 5.91 Å². The van der Waals surface area contributed by atoms with Crippen molar-refractivity contribution in [1.29, 1.82) is 0 Å². The molecule has 5 nitrogen and oxygen atoms in total. The number of ether oxygens (including phenoxy) is 1. The van der Waals surface area contributed by atoms with E-state index in [1.54, 1.807) is 60.7 Å². The summed E-state index contributed by atoms with van der Waals surface area (Å²) in [4.78, 5) is 25.1. The molecule has 4 rings (SSSR count). The highest BCUT2D eigenvalue weighted by Crippen LogP contribution is 2.26. The van der Waals surface area contributed by atoms with Gasteiger partial charge in [-0.25, -0.2) is 0 Å². The lowest BCUT2D eigenvalue weighted by molar-refractivity contribution is 0.102. The van der Waals surface area contributed by atoms with Gasteiger partial charge in [-0.3, -0.25) is 9.59 Å². The molecule has 3 aromatic carbocycles. The molecule has 0 aliphatic heterocycles. The third kappa shape index (κ3) is 3.13. The van der Waals surface area contributed by atoms with E-state index in [2.05, 4.69) is 5.32 Å². The van der Waals surface area contributed by atoms with Gasteiger partial charge in [-0.1, -0.05) is 23.7 Å². The van der Waals surface area contributed by atoms with E-state index in [1.165, 1.54) is 7.11 Å². The number of fused-ring (bicyclic) bond motifs is 2. The van der Waals surface area contributed by atoms with Gasteiger partial charge in [0.05, 0.1) is 22.9 Å². The summed E-state index contributed by atoms with van der Waals surface area (Å²) in [6.45, 7) is 0. The van der Waals surface area contributed by atoms with Gasteiger partial charge in [0.2, 0.25) is 5.43 Å². The zero-order valence-electron chi connectivity index (χ0n) is 14.3. The molecule has 0 fully saturated rings. The lowest BCUT2D eigenvalue weighted by Crippen LogP contribution is -2.12. The van der Waals surface area contributed by atoms with E-state index in [9.17, 15) is 9.59 Å². The summed E-state index contributed by atoms with van der Waals surface area (Å²) in [6.07, 6.45) is 0. The number of halogens is 1. The van der Waals surface area contributed by atoms with E-state index >= 15 is 0 Å². The first-order valence-electron chi connectivity index (χ1n) is 8.17. The van der Waals surface area contributed by atoms with Crippen LogP contribution in [0.1, 0.15) is 10.4 Å². The van der Waals surface area contributed by atoms with Gasteiger partial charge < -0.3 is 14.5 Å². The molecular weight excluding hydrogens is 366 g/mol. The average Bonchev–Trinajstić information content (AvgIpc) is 2.69. The Hall–Kier alpha value is -3.31. The minimum Gasteiger partial charge on any atom is -0.497 e. The van der Waals surface area contributed by atoms with Gasteiger partial charge in [-0.2, -0.15) is 0 Å². The first-order chi connectivity index (χ1) is 13.1. The topological polar surface area (TPSA) is 68.5 Å². The molecule has 1 aromatic heterocycles. The molecule has 0 radical (unpaired) electrons. The van der Waals surface area contributed by atoms with Crippen molar-refractivity contribution in [2.45, 2.75) is 0 Å². The Labute approximate surface area is 159 Å². The predicted octanol–water partition coefficient (Wildman–Crippen LogP) is 4.86. The Balaban J connectivity index is 1.75. The number of amides is 1. The van der Waals surface area contributed by atoms with Crippen molar-refractivity contribution in [3.8, 4) is 5.75 Å². The van der Waals surface area contributed by atoms with Crippen LogP contribution < -0.4 is 15.5 Å². The number of methoxy groups -OCH3 is 1. The fourth-order valence-corrected chi connectivity index (χ4v) is 3.10. The van der Waals surface area contributed by atoms with E-state index in [1.807, 2.05) is 0 Å². The molecule has 1 N–H and O–H groups in total. The number of hydrogen-bond donors (Lipinski definition) is 1. The van der Waals surface area contributed by atoms with Crippen molar-refractivity contribution in [2.24, 2.45) is 0 Å². The molecule has 1 heterocycles. The molecule has 0 bridgehead atoms. The number of rotatable bonds is 3. The Morgan fingerprint density at radius 3 is 2.67 bits per heavy atom. The second-order valence-corrected chi connectivity index (χ2v) is 6.35. The fraction of sp³-hybridized carbons (Fsp3) is 0.0476. The van der Waals surface area contributed by atoms with E-state index in [4.69, 9.17) is 20.8 Å². The molecule has 134 valence electrons. The minimum absolute atomic E-state index is 0.167. The Morgan fingerprint density at radius 2 is 1.85 bits per heavy atom. The zero-order valence-corrected chi connectivity index (χ0v) is 15.0. The molecule has 0 unspecified atom stereocenters. The lowest BCUT2D eigenvalue weighted by atomic mass is 10.1. The largest absolute Gasteiger partial charge is 0.497 e. The zero-order chi connectivity index (χ0) is 19.0. The third-order valence-corrected chi connectivity index (χ3v) is 4.54. The number of benzene rings is 3. The molecule has 0 atom stereocenters. The molecule has 0 saturated heterocycles. The highest BCUT2D eigenvalue weighted by atomic mass is 35.5. The molecule has 0 spiro atoms. The van der Waals surface area contributed by atoms with Crippen LogP contribution in [-0.4, -0.2) is 13.0 Å². The second-order valence-electron chi connectivity index (χ2n) is 5.94. The minimum atomic E-state index is -0.297. The van der Waals surface area contributed by atoms with E-state index < -0.39 is 0 Å². The van der Waals surface area contributed by atoms with E-state index in [0.29, 0.717) is 44.0 Å². The maximum absolute atomic E-state index is 12.6. The van der Waals surface area contributed by atoms with Crippen molar-refractivity contribution in [2.75, 3.05) is 12.4 Å². The van der Waals surface area contributed by atoms with Crippen LogP contribution >= 0.6 is 11.6 Å². The number of hydrogen-bond acceptors (Lipinski definition) is 4. The molecule has 0 aliphatic carbocycles. The molecule has 27 heavy (non-hydrogen) atoms. The summed E-state index contributed by atoms with van der Waals surface area (Å²) in [5.74, 6) is 0.294. The number of nitrogens with one attached hydrogen (secondary N) is 1. The Bertz CT molecular complexity index is 1250. The molecule has 0 aliphatic rings. The summed E-state index contributed by atoms with van der Waals surface area (Å²) in [5.41, 5.74) is 1.47. The highest BCUT2D eigenvalue weighted by Gasteiger charge is 2.12. The van der Waals surface area contributed by atoms with Crippen LogP contribution in [0.2, 0.25) is 5.02 Å². The quantitative estimate of drug-likeness (QED) is 0.516. The Kier molecular flexibility index (Phi) is 4.30. The van der Waals surface area contributed by atoms with E-state index in [-0.39, 0.29) is 11.3 Å². The van der Waals surface area contributed by atoms with Crippen molar-refractivity contribution >= 4 is 45.1 Å². The summed E-state index contributed by atoms with van der Waals surface area (Å²) < 4.78 is 11.0. The van der Waals surface area contributed by atoms with Gasteiger partial charge in [0, 0.05) is 17.3 Å². The number of carbonyl (C=O) groups is 1. The highest BCUT2D eigenvalue weighted by molar-refractivity contribution is 6.34. The van der Waals surface area contributed by atoms with Gasteiger partial charge in [-0.15, -0.1) is 0 Å². The normalized spacial score (nSPS) is 10.9. The maximum atomic E-state index is 12.6. The van der Waals surface area contributed by atoms with Crippen LogP contribution in [0.5, 0.6) is 5.75 Å². The average molecular weight is 380 g/mol. The Morgan fingerprint density at radius 1 is 1.04 bits per heavy atom. The second kappa shape index (κ2) is 6.78. The lowest BCUT2D eigenvalue weighted by Gasteiger charge is -2.08. The standard InChI is InChI=1S/C21H14ClNO4/c1-26-14-5-2-4-12(10-14)21(25)23-13-8-9-15-18(11-13)27-20-16(19(15)24)6-3-7-17(20)22/h2-11H,1H3,(H,23,25). The summed E-state index contributed by atoms with van der Waals surface area (Å²) in [6, 6.07) is 16.8. The smallest absolute Gasteiger partial charge is 0.255 e. The summed E-state index contributed by atoms with van der Waals surface area (Å²) in [7, 11) is 1.54. The van der Waals surface area contributed by atoms with Crippen molar-refractivity contribution < 1.29 is 13.9 Å². The summed E-state index contributed by atoms with van der Waals surface area (Å²) >= 11 is 6.15. The molecule has 1 amide bonds. The number of para-hydroxylation sites is 1. The van der Waals surface area contributed by atoms with Crippen LogP contribution in [0.3, 0.4) is 0 Å². The van der Waals surface area contributed by atoms with Gasteiger partial charge in [-0.05, 0) is 42.5 Å². The van der Waals surface area contributed by atoms with Crippen LogP contribution in [0.25, 0.3) is 21.9 Å². The van der Waals surface area contributed by atoms with Crippen molar-refractivity contribution in [3.05, 3.63) is 81.5 Å². The molecular formula is C21H14ClNO4. The van der Waals surface area contributed by atoms with Crippen LogP contribution in [-0.2, 0) is 0 Å². The first-order valence-corrected chi connectivity index (χ1v) is 8.55. The van der Waals surface area contributed by atoms with Crippen LogP contribution in [0.4, 0.5) is 5.69 Å².